The summed E-state index contributed by atoms with van der Waals surface area (Å²) in [4.78, 5) is 24.1. The monoisotopic (exact) mass is 303 g/mol. The lowest BCUT2D eigenvalue weighted by molar-refractivity contribution is -0.143. The Labute approximate surface area is 129 Å². The number of furan rings is 1. The largest absolute Gasteiger partial charge is 0.467 e. The SMILES string of the molecule is COC(=O)[C@@H](CC(C)C)NC(=O)c1cc2cc(C)ccc2o1. The zero-order valence-corrected chi connectivity index (χ0v) is 13.3. The van der Waals surface area contributed by atoms with Crippen LogP contribution in [0.2, 0.25) is 0 Å². The van der Waals surface area contributed by atoms with Gasteiger partial charge in [0.15, 0.2) is 5.76 Å². The zero-order valence-electron chi connectivity index (χ0n) is 13.3. The van der Waals surface area contributed by atoms with E-state index >= 15 is 0 Å². The number of esters is 1. The summed E-state index contributed by atoms with van der Waals surface area (Å²) in [6.45, 7) is 5.93. The van der Waals surface area contributed by atoms with Crippen molar-refractivity contribution in [3.05, 3.63) is 35.6 Å². The summed E-state index contributed by atoms with van der Waals surface area (Å²) in [5, 5.41) is 3.55. The number of amides is 1. The topological polar surface area (TPSA) is 68.5 Å². The fourth-order valence-corrected chi connectivity index (χ4v) is 2.33. The van der Waals surface area contributed by atoms with E-state index in [1.807, 2.05) is 39.0 Å². The average Bonchev–Trinajstić information content (AvgIpc) is 2.88. The number of ether oxygens (including phenoxy) is 1. The minimum Gasteiger partial charge on any atom is -0.467 e. The molecule has 0 aliphatic heterocycles. The van der Waals surface area contributed by atoms with E-state index < -0.39 is 17.9 Å². The molecule has 2 rings (SSSR count). The van der Waals surface area contributed by atoms with Crippen LogP contribution in [-0.4, -0.2) is 25.0 Å². The number of hydrogen-bond donors (Lipinski definition) is 1. The highest BCUT2D eigenvalue weighted by Gasteiger charge is 2.24. The first kappa shape index (κ1) is 16.1. The van der Waals surface area contributed by atoms with Crippen molar-refractivity contribution in [2.45, 2.75) is 33.2 Å². The molecule has 0 bridgehead atoms. The third kappa shape index (κ3) is 3.67. The lowest BCUT2D eigenvalue weighted by Crippen LogP contribution is -2.42. The quantitative estimate of drug-likeness (QED) is 0.862. The van der Waals surface area contributed by atoms with E-state index in [0.29, 0.717) is 12.0 Å². The van der Waals surface area contributed by atoms with Gasteiger partial charge in [-0.3, -0.25) is 4.79 Å². The van der Waals surface area contributed by atoms with Crippen LogP contribution in [0.15, 0.2) is 28.7 Å². The van der Waals surface area contributed by atoms with Crippen molar-refractivity contribution in [2.75, 3.05) is 7.11 Å². The third-order valence-corrected chi connectivity index (χ3v) is 3.39. The fraction of sp³-hybridized carbons (Fsp3) is 0.412. The number of methoxy groups -OCH3 is 1. The van der Waals surface area contributed by atoms with Gasteiger partial charge in [0, 0.05) is 5.39 Å². The molecule has 1 heterocycles. The van der Waals surface area contributed by atoms with Gasteiger partial charge in [-0.05, 0) is 37.5 Å². The fourth-order valence-electron chi connectivity index (χ4n) is 2.33. The molecule has 0 unspecified atom stereocenters. The van der Waals surface area contributed by atoms with E-state index in [4.69, 9.17) is 9.15 Å². The van der Waals surface area contributed by atoms with Crippen LogP contribution in [0.3, 0.4) is 0 Å². The van der Waals surface area contributed by atoms with Crippen LogP contribution in [0.25, 0.3) is 11.0 Å². The molecule has 0 aliphatic carbocycles. The molecule has 1 N–H and O–H groups in total. The van der Waals surface area contributed by atoms with Gasteiger partial charge < -0.3 is 14.5 Å². The maximum Gasteiger partial charge on any atom is 0.328 e. The Morgan fingerprint density at radius 2 is 2.00 bits per heavy atom. The lowest BCUT2D eigenvalue weighted by Gasteiger charge is -2.17. The van der Waals surface area contributed by atoms with E-state index in [9.17, 15) is 9.59 Å². The maximum atomic E-state index is 12.3. The Hall–Kier alpha value is -2.30. The Kier molecular flexibility index (Phi) is 4.85. The summed E-state index contributed by atoms with van der Waals surface area (Å²) in [6, 6.07) is 6.70. The molecule has 0 saturated heterocycles. The van der Waals surface area contributed by atoms with Crippen LogP contribution >= 0.6 is 0 Å². The van der Waals surface area contributed by atoms with Gasteiger partial charge in [-0.1, -0.05) is 25.5 Å². The van der Waals surface area contributed by atoms with E-state index in [2.05, 4.69) is 5.32 Å². The van der Waals surface area contributed by atoms with E-state index in [1.165, 1.54) is 7.11 Å². The standard InChI is InChI=1S/C17H21NO4/c1-10(2)7-13(17(20)21-4)18-16(19)15-9-12-8-11(3)5-6-14(12)22-15/h5-6,8-10,13H,7H2,1-4H3,(H,18,19)/t13-/m1/s1. The van der Waals surface area contributed by atoms with Gasteiger partial charge in [0.05, 0.1) is 7.11 Å². The maximum absolute atomic E-state index is 12.3. The highest BCUT2D eigenvalue weighted by molar-refractivity contribution is 5.98. The molecule has 0 radical (unpaired) electrons. The number of hydrogen-bond acceptors (Lipinski definition) is 4. The first-order chi connectivity index (χ1) is 10.4. The number of fused-ring (bicyclic) bond motifs is 1. The summed E-state index contributed by atoms with van der Waals surface area (Å²) in [5.41, 5.74) is 1.74. The second kappa shape index (κ2) is 6.64. The smallest absolute Gasteiger partial charge is 0.328 e. The van der Waals surface area contributed by atoms with Crippen LogP contribution in [0, 0.1) is 12.8 Å². The number of benzene rings is 1. The van der Waals surface area contributed by atoms with Crippen molar-refractivity contribution in [1.29, 1.82) is 0 Å². The summed E-state index contributed by atoms with van der Waals surface area (Å²) >= 11 is 0. The number of nitrogens with one attached hydrogen (secondary N) is 1. The summed E-state index contributed by atoms with van der Waals surface area (Å²) in [7, 11) is 1.31. The Bertz CT molecular complexity index is 687. The van der Waals surface area contributed by atoms with Crippen LogP contribution < -0.4 is 5.32 Å². The van der Waals surface area contributed by atoms with Crippen molar-refractivity contribution in [3.63, 3.8) is 0 Å². The van der Waals surface area contributed by atoms with Crippen LogP contribution in [0.1, 0.15) is 36.4 Å². The van der Waals surface area contributed by atoms with Crippen molar-refractivity contribution in [3.8, 4) is 0 Å². The molecule has 22 heavy (non-hydrogen) atoms. The zero-order chi connectivity index (χ0) is 16.3. The third-order valence-electron chi connectivity index (χ3n) is 3.39. The molecule has 1 aromatic carbocycles. The number of aryl methyl sites for hydroxylation is 1. The highest BCUT2D eigenvalue weighted by atomic mass is 16.5. The molecule has 0 aliphatic rings. The first-order valence-corrected chi connectivity index (χ1v) is 7.29. The van der Waals surface area contributed by atoms with Crippen molar-refractivity contribution >= 4 is 22.8 Å². The molecule has 5 heteroatoms. The lowest BCUT2D eigenvalue weighted by atomic mass is 10.0. The van der Waals surface area contributed by atoms with Crippen molar-refractivity contribution in [1.82, 2.24) is 5.32 Å². The molecule has 2 aromatic rings. The number of rotatable bonds is 5. The van der Waals surface area contributed by atoms with Gasteiger partial charge in [-0.15, -0.1) is 0 Å². The number of carbonyl (C=O) groups is 2. The summed E-state index contributed by atoms with van der Waals surface area (Å²) in [5.74, 6) is -0.417. The molecular weight excluding hydrogens is 282 g/mol. The van der Waals surface area contributed by atoms with Crippen LogP contribution in [-0.2, 0) is 9.53 Å². The molecular formula is C17H21NO4. The van der Waals surface area contributed by atoms with Gasteiger partial charge >= 0.3 is 5.97 Å². The van der Waals surface area contributed by atoms with Gasteiger partial charge in [0.2, 0.25) is 0 Å². The Balaban J connectivity index is 2.19. The average molecular weight is 303 g/mol. The minimum atomic E-state index is -0.674. The van der Waals surface area contributed by atoms with Crippen molar-refractivity contribution in [2.24, 2.45) is 5.92 Å². The molecule has 118 valence electrons. The normalized spacial score (nSPS) is 12.4. The van der Waals surface area contributed by atoms with Crippen LogP contribution in [0.4, 0.5) is 0 Å². The Morgan fingerprint density at radius 3 is 2.64 bits per heavy atom. The number of carbonyl (C=O) groups excluding carboxylic acids is 2. The summed E-state index contributed by atoms with van der Waals surface area (Å²) in [6.07, 6.45) is 0.512. The van der Waals surface area contributed by atoms with Gasteiger partial charge in [0.25, 0.3) is 5.91 Å². The predicted molar refractivity (Wildman–Crippen MR) is 83.7 cm³/mol. The second-order valence-electron chi connectivity index (χ2n) is 5.83. The molecule has 0 saturated carbocycles. The van der Waals surface area contributed by atoms with Gasteiger partial charge in [0.1, 0.15) is 11.6 Å². The molecule has 1 amide bonds. The summed E-state index contributed by atoms with van der Waals surface area (Å²) < 4.78 is 10.3. The highest BCUT2D eigenvalue weighted by Crippen LogP contribution is 2.21. The molecule has 5 nitrogen and oxygen atoms in total. The second-order valence-corrected chi connectivity index (χ2v) is 5.83. The van der Waals surface area contributed by atoms with Crippen LogP contribution in [0.5, 0.6) is 0 Å². The molecule has 0 fully saturated rings. The Morgan fingerprint density at radius 1 is 1.27 bits per heavy atom. The molecule has 1 atom stereocenters. The van der Waals surface area contributed by atoms with Gasteiger partial charge in [-0.2, -0.15) is 0 Å². The molecule has 0 spiro atoms. The van der Waals surface area contributed by atoms with E-state index in [-0.39, 0.29) is 11.7 Å². The molecule has 1 aromatic heterocycles. The van der Waals surface area contributed by atoms with E-state index in [1.54, 1.807) is 6.07 Å². The predicted octanol–water partition coefficient (Wildman–Crippen LogP) is 3.06. The first-order valence-electron chi connectivity index (χ1n) is 7.29. The van der Waals surface area contributed by atoms with Gasteiger partial charge in [-0.25, -0.2) is 4.79 Å². The van der Waals surface area contributed by atoms with E-state index in [0.717, 1.165) is 10.9 Å². The minimum absolute atomic E-state index is 0.193. The van der Waals surface area contributed by atoms with Crippen molar-refractivity contribution < 1.29 is 18.7 Å².